The van der Waals surface area contributed by atoms with Crippen molar-refractivity contribution in [2.75, 3.05) is 12.8 Å². The summed E-state index contributed by atoms with van der Waals surface area (Å²) < 4.78 is 6.01. The Morgan fingerprint density at radius 3 is 2.70 bits per heavy atom. The van der Waals surface area contributed by atoms with Crippen molar-refractivity contribution in [1.82, 2.24) is 19.7 Å². The van der Waals surface area contributed by atoms with E-state index in [-0.39, 0.29) is 17.3 Å². The Labute approximate surface area is 116 Å². The molecule has 0 atom stereocenters. The number of ether oxygens (including phenoxy) is 1. The summed E-state index contributed by atoms with van der Waals surface area (Å²) in [7, 11) is 1.28. The highest BCUT2D eigenvalue weighted by molar-refractivity contribution is 5.92. The molecule has 0 saturated heterocycles. The van der Waals surface area contributed by atoms with Crippen LogP contribution < -0.4 is 5.73 Å². The van der Waals surface area contributed by atoms with Crippen molar-refractivity contribution in [2.45, 2.75) is 26.7 Å². The zero-order valence-electron chi connectivity index (χ0n) is 11.9. The van der Waals surface area contributed by atoms with Gasteiger partial charge in [-0.3, -0.25) is 0 Å². The first-order valence-electron chi connectivity index (χ1n) is 6.21. The second-order valence-corrected chi connectivity index (χ2v) is 4.76. The molecule has 0 bridgehead atoms. The summed E-state index contributed by atoms with van der Waals surface area (Å²) >= 11 is 0. The van der Waals surface area contributed by atoms with Crippen LogP contribution in [0.5, 0.6) is 0 Å². The quantitative estimate of drug-likeness (QED) is 0.852. The van der Waals surface area contributed by atoms with E-state index in [1.54, 1.807) is 0 Å². The summed E-state index contributed by atoms with van der Waals surface area (Å²) in [6.45, 7) is 5.97. The second kappa shape index (κ2) is 5.28. The van der Waals surface area contributed by atoms with Gasteiger partial charge in [-0.25, -0.2) is 19.4 Å². The Kier molecular flexibility index (Phi) is 3.69. The van der Waals surface area contributed by atoms with Crippen LogP contribution in [-0.4, -0.2) is 32.8 Å². The summed E-state index contributed by atoms with van der Waals surface area (Å²) in [6, 6.07) is 1.92. The zero-order chi connectivity index (χ0) is 14.9. The summed E-state index contributed by atoms with van der Waals surface area (Å²) in [6.07, 6.45) is 1.51. The average molecular weight is 275 g/mol. The molecule has 0 radical (unpaired) electrons. The lowest BCUT2D eigenvalue weighted by Crippen LogP contribution is -2.09. The van der Waals surface area contributed by atoms with Crippen LogP contribution in [0, 0.1) is 6.92 Å². The summed E-state index contributed by atoms with van der Waals surface area (Å²) in [5.41, 5.74) is 7.77. The fourth-order valence-electron chi connectivity index (χ4n) is 1.72. The van der Waals surface area contributed by atoms with Crippen LogP contribution in [0.1, 0.15) is 41.6 Å². The van der Waals surface area contributed by atoms with E-state index in [1.165, 1.54) is 18.0 Å². The number of esters is 1. The summed E-state index contributed by atoms with van der Waals surface area (Å²) in [5, 5.41) is 4.08. The van der Waals surface area contributed by atoms with Gasteiger partial charge in [0.2, 0.25) is 0 Å². The van der Waals surface area contributed by atoms with E-state index >= 15 is 0 Å². The molecule has 2 rings (SSSR count). The Morgan fingerprint density at radius 2 is 2.10 bits per heavy atom. The van der Waals surface area contributed by atoms with Crippen LogP contribution in [0.15, 0.2) is 12.3 Å². The van der Waals surface area contributed by atoms with Gasteiger partial charge in [-0.05, 0) is 18.9 Å². The number of nitrogen functional groups attached to an aromatic ring is 1. The monoisotopic (exact) mass is 275 g/mol. The Bertz CT molecular complexity index is 648. The largest absolute Gasteiger partial charge is 0.464 e. The van der Waals surface area contributed by atoms with Crippen molar-refractivity contribution in [3.05, 3.63) is 29.3 Å². The number of aryl methyl sites for hydroxylation is 1. The molecule has 7 heteroatoms. The van der Waals surface area contributed by atoms with Gasteiger partial charge in [-0.1, -0.05) is 13.8 Å². The third kappa shape index (κ3) is 2.61. The van der Waals surface area contributed by atoms with Crippen molar-refractivity contribution >= 4 is 11.7 Å². The Hall–Kier alpha value is -2.44. The molecule has 2 aromatic heterocycles. The summed E-state index contributed by atoms with van der Waals surface area (Å²) in [5.74, 6) is 0.0666. The number of carbonyl (C=O) groups excluding carboxylic acids is 1. The summed E-state index contributed by atoms with van der Waals surface area (Å²) in [4.78, 5) is 20.2. The van der Waals surface area contributed by atoms with Gasteiger partial charge in [0.15, 0.2) is 5.69 Å². The standard InChI is InChI=1S/C13H17N5O2/c1-7(2)10-5-8(3)15-13(16-10)18-6-9(14)11(17-18)12(19)20-4/h5-7H,14H2,1-4H3. The number of carbonyl (C=O) groups is 1. The molecule has 7 nitrogen and oxygen atoms in total. The molecule has 0 unspecified atom stereocenters. The number of anilines is 1. The van der Waals surface area contributed by atoms with Gasteiger partial charge in [0, 0.05) is 11.4 Å². The number of hydrogen-bond donors (Lipinski definition) is 1. The van der Waals surface area contributed by atoms with E-state index < -0.39 is 5.97 Å². The van der Waals surface area contributed by atoms with Crippen LogP contribution in [0.2, 0.25) is 0 Å². The molecular weight excluding hydrogens is 258 g/mol. The van der Waals surface area contributed by atoms with Gasteiger partial charge < -0.3 is 10.5 Å². The maximum absolute atomic E-state index is 11.5. The average Bonchev–Trinajstić information content (AvgIpc) is 2.79. The first kappa shape index (κ1) is 14.0. The highest BCUT2D eigenvalue weighted by atomic mass is 16.5. The van der Waals surface area contributed by atoms with Crippen LogP contribution in [0.4, 0.5) is 5.69 Å². The molecule has 0 saturated carbocycles. The lowest BCUT2D eigenvalue weighted by Gasteiger charge is -2.07. The van der Waals surface area contributed by atoms with Crippen molar-refractivity contribution < 1.29 is 9.53 Å². The van der Waals surface area contributed by atoms with Gasteiger partial charge >= 0.3 is 5.97 Å². The maximum Gasteiger partial charge on any atom is 0.360 e. The number of methoxy groups -OCH3 is 1. The Morgan fingerprint density at radius 1 is 1.40 bits per heavy atom. The smallest absolute Gasteiger partial charge is 0.360 e. The van der Waals surface area contributed by atoms with Crippen molar-refractivity contribution in [2.24, 2.45) is 0 Å². The molecule has 20 heavy (non-hydrogen) atoms. The third-order valence-corrected chi connectivity index (χ3v) is 2.78. The zero-order valence-corrected chi connectivity index (χ0v) is 11.9. The molecule has 0 spiro atoms. The minimum atomic E-state index is -0.585. The highest BCUT2D eigenvalue weighted by Crippen LogP contribution is 2.16. The van der Waals surface area contributed by atoms with Gasteiger partial charge in [0.25, 0.3) is 5.95 Å². The van der Waals surface area contributed by atoms with E-state index in [0.717, 1.165) is 11.4 Å². The van der Waals surface area contributed by atoms with Crippen molar-refractivity contribution in [1.29, 1.82) is 0 Å². The van der Waals surface area contributed by atoms with Gasteiger partial charge in [-0.15, -0.1) is 0 Å². The fraction of sp³-hybridized carbons (Fsp3) is 0.385. The molecular formula is C13H17N5O2. The molecule has 0 aliphatic rings. The minimum Gasteiger partial charge on any atom is -0.464 e. The topological polar surface area (TPSA) is 95.9 Å². The molecule has 0 aliphatic carbocycles. The Balaban J connectivity index is 2.49. The van der Waals surface area contributed by atoms with E-state index in [4.69, 9.17) is 5.73 Å². The van der Waals surface area contributed by atoms with Crippen LogP contribution in [0.25, 0.3) is 5.95 Å². The van der Waals surface area contributed by atoms with E-state index in [1.807, 2.05) is 26.8 Å². The first-order chi connectivity index (χ1) is 9.42. The van der Waals surface area contributed by atoms with Crippen LogP contribution >= 0.6 is 0 Å². The number of hydrogen-bond acceptors (Lipinski definition) is 6. The van der Waals surface area contributed by atoms with Gasteiger partial charge in [0.1, 0.15) is 0 Å². The molecule has 2 aromatic rings. The van der Waals surface area contributed by atoms with Gasteiger partial charge in [-0.2, -0.15) is 5.10 Å². The lowest BCUT2D eigenvalue weighted by atomic mass is 10.1. The third-order valence-electron chi connectivity index (χ3n) is 2.78. The molecule has 0 amide bonds. The van der Waals surface area contributed by atoms with E-state index in [9.17, 15) is 4.79 Å². The van der Waals surface area contributed by atoms with Crippen LogP contribution in [-0.2, 0) is 4.74 Å². The highest BCUT2D eigenvalue weighted by Gasteiger charge is 2.17. The lowest BCUT2D eigenvalue weighted by molar-refractivity contribution is 0.0594. The van der Waals surface area contributed by atoms with Crippen molar-refractivity contribution in [3.8, 4) is 5.95 Å². The predicted octanol–water partition coefficient (Wildman–Crippen LogP) is 1.46. The molecule has 0 aromatic carbocycles. The molecule has 2 heterocycles. The molecule has 2 N–H and O–H groups in total. The maximum atomic E-state index is 11.5. The second-order valence-electron chi connectivity index (χ2n) is 4.76. The predicted molar refractivity (Wildman–Crippen MR) is 73.7 cm³/mol. The molecule has 0 fully saturated rings. The normalized spacial score (nSPS) is 10.8. The number of aromatic nitrogens is 4. The van der Waals surface area contributed by atoms with E-state index in [0.29, 0.717) is 5.95 Å². The number of nitrogens with two attached hydrogens (primary N) is 1. The van der Waals surface area contributed by atoms with Crippen molar-refractivity contribution in [3.63, 3.8) is 0 Å². The number of nitrogens with zero attached hydrogens (tertiary/aromatic N) is 4. The van der Waals surface area contributed by atoms with E-state index in [2.05, 4.69) is 19.8 Å². The number of rotatable bonds is 3. The fourth-order valence-corrected chi connectivity index (χ4v) is 1.72. The first-order valence-corrected chi connectivity index (χ1v) is 6.21. The van der Waals surface area contributed by atoms with Crippen LogP contribution in [0.3, 0.4) is 0 Å². The SMILES string of the molecule is COC(=O)c1nn(-c2nc(C)cc(C(C)C)n2)cc1N. The minimum absolute atomic E-state index is 0.0590. The molecule has 0 aliphatic heterocycles. The van der Waals surface area contributed by atoms with Gasteiger partial charge in [0.05, 0.1) is 19.0 Å². The molecule has 106 valence electrons.